The Labute approximate surface area is 134 Å². The number of nitrogens with one attached hydrogen (secondary N) is 2. The zero-order valence-electron chi connectivity index (χ0n) is 12.4. The second-order valence-corrected chi connectivity index (χ2v) is 6.98. The number of hydrogen-bond acceptors (Lipinski definition) is 3. The van der Waals surface area contributed by atoms with Gasteiger partial charge in [-0.25, -0.2) is 0 Å². The zero-order chi connectivity index (χ0) is 14.8. The number of halogens is 1. The van der Waals surface area contributed by atoms with Gasteiger partial charge < -0.3 is 15.5 Å². The summed E-state index contributed by atoms with van der Waals surface area (Å²) in [5.74, 6) is 0.107. The number of anilines is 1. The van der Waals surface area contributed by atoms with Crippen LogP contribution in [0.25, 0.3) is 0 Å². The summed E-state index contributed by atoms with van der Waals surface area (Å²) in [6, 6.07) is 7.44. The van der Waals surface area contributed by atoms with Gasteiger partial charge in [-0.05, 0) is 43.4 Å². The van der Waals surface area contributed by atoms with E-state index in [9.17, 15) is 4.79 Å². The molecule has 2 aliphatic rings. The van der Waals surface area contributed by atoms with Gasteiger partial charge in [0, 0.05) is 35.8 Å². The van der Waals surface area contributed by atoms with Gasteiger partial charge in [-0.1, -0.05) is 22.0 Å². The first-order valence-corrected chi connectivity index (χ1v) is 8.43. The van der Waals surface area contributed by atoms with Crippen LogP contribution in [0.4, 0.5) is 5.69 Å². The van der Waals surface area contributed by atoms with Crippen LogP contribution in [0.1, 0.15) is 31.2 Å². The first-order chi connectivity index (χ1) is 10.1. The Morgan fingerprint density at radius 3 is 2.62 bits per heavy atom. The monoisotopic (exact) mass is 351 g/mol. The molecule has 2 N–H and O–H groups in total. The number of nitrogens with zero attached hydrogens (tertiary/aromatic N) is 1. The van der Waals surface area contributed by atoms with Crippen molar-refractivity contribution in [3.63, 3.8) is 0 Å². The number of likely N-dealkylation sites (N-methyl/N-ethyl adjacent to an activating group) is 1. The summed E-state index contributed by atoms with van der Waals surface area (Å²) >= 11 is 3.64. The van der Waals surface area contributed by atoms with Crippen LogP contribution in [0.15, 0.2) is 22.7 Å². The van der Waals surface area contributed by atoms with Crippen molar-refractivity contribution in [1.82, 2.24) is 10.6 Å². The molecular weight excluding hydrogens is 330 g/mol. The number of rotatable bonds is 7. The minimum Gasteiger partial charge on any atom is -0.365 e. The minimum atomic E-state index is 0.107. The van der Waals surface area contributed by atoms with E-state index >= 15 is 0 Å². The van der Waals surface area contributed by atoms with Crippen molar-refractivity contribution >= 4 is 27.5 Å². The summed E-state index contributed by atoms with van der Waals surface area (Å²) in [6.07, 6.45) is 4.86. The van der Waals surface area contributed by atoms with E-state index in [1.54, 1.807) is 0 Å². The van der Waals surface area contributed by atoms with E-state index in [2.05, 4.69) is 44.8 Å². The lowest BCUT2D eigenvalue weighted by Gasteiger charge is -2.20. The van der Waals surface area contributed by atoms with Crippen LogP contribution in [0.5, 0.6) is 0 Å². The molecule has 0 bridgehead atoms. The number of carbonyl (C=O) groups excluding carboxylic acids is 1. The Balaban J connectivity index is 1.55. The number of hydrogen-bond donors (Lipinski definition) is 2. The molecule has 1 aromatic rings. The molecule has 0 atom stereocenters. The van der Waals surface area contributed by atoms with Crippen molar-refractivity contribution in [2.45, 2.75) is 44.3 Å². The number of amides is 1. The summed E-state index contributed by atoms with van der Waals surface area (Å²) in [7, 11) is 1.95. The highest BCUT2D eigenvalue weighted by atomic mass is 79.9. The molecule has 4 nitrogen and oxygen atoms in total. The van der Waals surface area contributed by atoms with E-state index in [0.29, 0.717) is 18.6 Å². The second-order valence-electron chi connectivity index (χ2n) is 6.13. The normalized spacial score (nSPS) is 17.6. The topological polar surface area (TPSA) is 44.4 Å². The molecule has 0 saturated heterocycles. The lowest BCUT2D eigenvalue weighted by molar-refractivity contribution is -0.119. The fraction of sp³-hybridized carbons (Fsp3) is 0.562. The standard InChI is InChI=1S/C16H22BrN3O/c1-20(10-16(21)19-13-5-6-13)14-7-2-11(15(17)8-14)9-18-12-3-4-12/h2,7-8,12-13,18H,3-6,9-10H2,1H3,(H,19,21). The Kier molecular flexibility index (Phi) is 4.50. The predicted molar refractivity (Wildman–Crippen MR) is 88.4 cm³/mol. The van der Waals surface area contributed by atoms with Crippen LogP contribution < -0.4 is 15.5 Å². The van der Waals surface area contributed by atoms with Crippen molar-refractivity contribution < 1.29 is 4.79 Å². The van der Waals surface area contributed by atoms with Crippen LogP contribution in [0, 0.1) is 0 Å². The van der Waals surface area contributed by atoms with E-state index in [4.69, 9.17) is 0 Å². The van der Waals surface area contributed by atoms with E-state index in [1.807, 2.05) is 11.9 Å². The van der Waals surface area contributed by atoms with E-state index in [0.717, 1.165) is 29.5 Å². The molecule has 2 fully saturated rings. The Bertz CT molecular complexity index is 526. The molecule has 0 unspecified atom stereocenters. The maximum absolute atomic E-state index is 11.8. The molecule has 0 radical (unpaired) electrons. The lowest BCUT2D eigenvalue weighted by atomic mass is 10.2. The largest absolute Gasteiger partial charge is 0.365 e. The fourth-order valence-corrected chi connectivity index (χ4v) is 2.77. The first-order valence-electron chi connectivity index (χ1n) is 7.64. The second kappa shape index (κ2) is 6.36. The van der Waals surface area contributed by atoms with Gasteiger partial charge in [-0.15, -0.1) is 0 Å². The molecule has 21 heavy (non-hydrogen) atoms. The van der Waals surface area contributed by atoms with Gasteiger partial charge in [-0.2, -0.15) is 0 Å². The third-order valence-electron chi connectivity index (χ3n) is 3.96. The van der Waals surface area contributed by atoms with Gasteiger partial charge >= 0.3 is 0 Å². The highest BCUT2D eigenvalue weighted by molar-refractivity contribution is 9.10. The number of carbonyl (C=O) groups is 1. The highest BCUT2D eigenvalue weighted by Crippen LogP contribution is 2.25. The van der Waals surface area contributed by atoms with Crippen molar-refractivity contribution in [2.24, 2.45) is 0 Å². The Morgan fingerprint density at radius 1 is 1.29 bits per heavy atom. The third-order valence-corrected chi connectivity index (χ3v) is 4.70. The summed E-state index contributed by atoms with van der Waals surface area (Å²) in [5, 5.41) is 6.53. The van der Waals surface area contributed by atoms with Crippen molar-refractivity contribution in [3.8, 4) is 0 Å². The number of benzene rings is 1. The lowest BCUT2D eigenvalue weighted by Crippen LogP contribution is -2.36. The summed E-state index contributed by atoms with van der Waals surface area (Å²) in [4.78, 5) is 13.8. The molecule has 1 aromatic carbocycles. The van der Waals surface area contributed by atoms with Crippen LogP contribution in [0.3, 0.4) is 0 Å². The molecule has 0 heterocycles. The SMILES string of the molecule is CN(CC(=O)NC1CC1)c1ccc(CNC2CC2)c(Br)c1. The highest BCUT2D eigenvalue weighted by Gasteiger charge is 2.23. The quantitative estimate of drug-likeness (QED) is 0.792. The smallest absolute Gasteiger partial charge is 0.239 e. The average Bonchev–Trinajstić information content (AvgIpc) is 3.32. The molecule has 0 spiro atoms. The van der Waals surface area contributed by atoms with Gasteiger partial charge in [-0.3, -0.25) is 4.79 Å². The van der Waals surface area contributed by atoms with Crippen molar-refractivity contribution in [2.75, 3.05) is 18.5 Å². The maximum atomic E-state index is 11.8. The third kappa shape index (κ3) is 4.45. The van der Waals surface area contributed by atoms with Crippen LogP contribution in [0.2, 0.25) is 0 Å². The predicted octanol–water partition coefficient (Wildman–Crippen LogP) is 2.42. The maximum Gasteiger partial charge on any atom is 0.239 e. The van der Waals surface area contributed by atoms with Crippen LogP contribution >= 0.6 is 15.9 Å². The molecule has 0 aromatic heterocycles. The Hall–Kier alpha value is -1.07. The van der Waals surface area contributed by atoms with E-state index < -0.39 is 0 Å². The van der Waals surface area contributed by atoms with Gasteiger partial charge in [0.25, 0.3) is 0 Å². The Morgan fingerprint density at radius 2 is 2.00 bits per heavy atom. The molecule has 114 valence electrons. The van der Waals surface area contributed by atoms with E-state index in [-0.39, 0.29) is 5.91 Å². The zero-order valence-corrected chi connectivity index (χ0v) is 13.9. The molecule has 2 aliphatic carbocycles. The summed E-state index contributed by atoms with van der Waals surface area (Å²) in [6.45, 7) is 1.31. The summed E-state index contributed by atoms with van der Waals surface area (Å²) < 4.78 is 1.10. The van der Waals surface area contributed by atoms with Gasteiger partial charge in [0.05, 0.1) is 6.54 Å². The first kappa shape index (κ1) is 14.9. The molecule has 0 aliphatic heterocycles. The molecule has 1 amide bonds. The molecule has 5 heteroatoms. The molecule has 3 rings (SSSR count). The molecule has 2 saturated carbocycles. The van der Waals surface area contributed by atoms with Gasteiger partial charge in [0.2, 0.25) is 5.91 Å². The van der Waals surface area contributed by atoms with Crippen molar-refractivity contribution in [1.29, 1.82) is 0 Å². The van der Waals surface area contributed by atoms with Crippen molar-refractivity contribution in [3.05, 3.63) is 28.2 Å². The summed E-state index contributed by atoms with van der Waals surface area (Å²) in [5.41, 5.74) is 2.32. The molecular formula is C16H22BrN3O. The van der Waals surface area contributed by atoms with Gasteiger partial charge in [0.1, 0.15) is 0 Å². The van der Waals surface area contributed by atoms with Crippen LogP contribution in [-0.4, -0.2) is 31.6 Å². The van der Waals surface area contributed by atoms with E-state index in [1.165, 1.54) is 18.4 Å². The minimum absolute atomic E-state index is 0.107. The fourth-order valence-electron chi connectivity index (χ4n) is 2.27. The average molecular weight is 352 g/mol. The van der Waals surface area contributed by atoms with Crippen LogP contribution in [-0.2, 0) is 11.3 Å². The van der Waals surface area contributed by atoms with Gasteiger partial charge in [0.15, 0.2) is 0 Å².